The summed E-state index contributed by atoms with van der Waals surface area (Å²) >= 11 is 0. The summed E-state index contributed by atoms with van der Waals surface area (Å²) in [7, 11) is 0. The number of nitrogens with zero attached hydrogens (tertiary/aromatic N) is 1. The molecule has 0 saturated carbocycles. The second-order valence-corrected chi connectivity index (χ2v) is 11.4. The van der Waals surface area contributed by atoms with Gasteiger partial charge >= 0.3 is 0 Å². The largest absolute Gasteiger partial charge is 0.309 e. The van der Waals surface area contributed by atoms with E-state index in [0.717, 1.165) is 0 Å². The van der Waals surface area contributed by atoms with E-state index >= 15 is 0 Å². The van der Waals surface area contributed by atoms with E-state index in [0.29, 0.717) is 0 Å². The van der Waals surface area contributed by atoms with E-state index in [4.69, 9.17) is 0 Å². The van der Waals surface area contributed by atoms with Crippen LogP contribution in [0.15, 0.2) is 146 Å². The van der Waals surface area contributed by atoms with Crippen LogP contribution in [0.5, 0.6) is 0 Å². The summed E-state index contributed by atoms with van der Waals surface area (Å²) in [6.45, 7) is 2.20. The standard InChI is InChI=1S/C41H27N/c1-26-9-2-3-12-31(26)33-22-18-28-19-23-36-32(21-17-27-20-24-37(33)41(28)40(27)36)29-10-8-11-30(25-29)42-38-15-6-4-13-34(38)35-14-5-7-16-39(35)42/h2-25H,1H3. The summed E-state index contributed by atoms with van der Waals surface area (Å²) in [5.74, 6) is 0. The van der Waals surface area contributed by atoms with Crippen molar-refractivity contribution in [2.75, 3.05) is 0 Å². The van der Waals surface area contributed by atoms with Crippen molar-refractivity contribution in [3.05, 3.63) is 151 Å². The lowest BCUT2D eigenvalue weighted by molar-refractivity contribution is 1.18. The van der Waals surface area contributed by atoms with Crippen LogP contribution in [0.3, 0.4) is 0 Å². The Hall–Kier alpha value is -5.40. The Labute approximate surface area is 244 Å². The molecule has 9 aromatic rings. The van der Waals surface area contributed by atoms with Gasteiger partial charge in [0, 0.05) is 16.5 Å². The number of para-hydroxylation sites is 2. The number of aromatic nitrogens is 1. The molecular formula is C41H27N. The Kier molecular flexibility index (Phi) is 4.88. The second-order valence-electron chi connectivity index (χ2n) is 11.4. The van der Waals surface area contributed by atoms with Gasteiger partial charge in [0.05, 0.1) is 11.0 Å². The van der Waals surface area contributed by atoms with Crippen LogP contribution in [0.2, 0.25) is 0 Å². The van der Waals surface area contributed by atoms with E-state index in [9.17, 15) is 0 Å². The number of benzene rings is 8. The van der Waals surface area contributed by atoms with Crippen LogP contribution in [0.1, 0.15) is 5.56 Å². The SMILES string of the molecule is Cc1ccccc1-c1ccc2ccc3c(-c4cccc(-n5c6ccccc6c6ccccc65)c4)ccc4ccc1c2c43. The minimum absolute atomic E-state index is 1.18. The quantitative estimate of drug-likeness (QED) is 0.199. The first kappa shape index (κ1) is 23.3. The number of fused-ring (bicyclic) bond motifs is 3. The summed E-state index contributed by atoms with van der Waals surface area (Å²) < 4.78 is 2.40. The van der Waals surface area contributed by atoms with E-state index in [2.05, 4.69) is 157 Å². The Balaban J connectivity index is 1.30. The summed E-state index contributed by atoms with van der Waals surface area (Å²) in [5.41, 5.74) is 10.0. The van der Waals surface area contributed by atoms with E-state index in [1.54, 1.807) is 0 Å². The van der Waals surface area contributed by atoms with Gasteiger partial charge < -0.3 is 4.57 Å². The average Bonchev–Trinajstić information content (AvgIpc) is 3.38. The maximum atomic E-state index is 2.40. The molecule has 1 aromatic heterocycles. The summed E-state index contributed by atoms with van der Waals surface area (Å²) in [6, 6.07) is 53.6. The molecule has 9 rings (SSSR count). The number of aryl methyl sites for hydroxylation is 1. The first-order chi connectivity index (χ1) is 20.8. The van der Waals surface area contributed by atoms with Crippen LogP contribution < -0.4 is 0 Å². The normalized spacial score (nSPS) is 11.9. The van der Waals surface area contributed by atoms with Crippen molar-refractivity contribution in [1.29, 1.82) is 0 Å². The molecule has 0 aliphatic rings. The van der Waals surface area contributed by atoms with Gasteiger partial charge in [0.15, 0.2) is 0 Å². The number of hydrogen-bond donors (Lipinski definition) is 0. The summed E-state index contributed by atoms with van der Waals surface area (Å²) in [4.78, 5) is 0. The molecule has 0 radical (unpaired) electrons. The van der Waals surface area contributed by atoms with Gasteiger partial charge in [-0.05, 0) is 91.3 Å². The molecule has 0 saturated heterocycles. The third-order valence-corrected chi connectivity index (χ3v) is 9.10. The molecular weight excluding hydrogens is 506 g/mol. The predicted molar refractivity (Wildman–Crippen MR) is 180 cm³/mol. The third-order valence-electron chi connectivity index (χ3n) is 9.10. The molecule has 42 heavy (non-hydrogen) atoms. The number of rotatable bonds is 3. The Morgan fingerprint density at radius 3 is 1.67 bits per heavy atom. The van der Waals surface area contributed by atoms with Crippen molar-refractivity contribution in [1.82, 2.24) is 4.57 Å². The molecule has 0 atom stereocenters. The fourth-order valence-corrected chi connectivity index (χ4v) is 7.18. The van der Waals surface area contributed by atoms with Crippen LogP contribution in [-0.4, -0.2) is 4.57 Å². The number of hydrogen-bond acceptors (Lipinski definition) is 0. The van der Waals surface area contributed by atoms with Crippen molar-refractivity contribution in [2.24, 2.45) is 0 Å². The lowest BCUT2D eigenvalue weighted by Gasteiger charge is -2.17. The zero-order valence-electron chi connectivity index (χ0n) is 23.3. The third kappa shape index (κ3) is 3.25. The molecule has 1 heterocycles. The molecule has 0 aliphatic carbocycles. The lowest BCUT2D eigenvalue weighted by Crippen LogP contribution is -1.94. The van der Waals surface area contributed by atoms with Crippen LogP contribution in [0.25, 0.3) is 82.1 Å². The van der Waals surface area contributed by atoms with E-state index in [1.165, 1.54) is 87.6 Å². The summed E-state index contributed by atoms with van der Waals surface area (Å²) in [5, 5.41) is 10.5. The topological polar surface area (TPSA) is 4.93 Å². The fraction of sp³-hybridized carbons (Fsp3) is 0.0244. The van der Waals surface area contributed by atoms with Crippen LogP contribution in [0, 0.1) is 6.92 Å². The van der Waals surface area contributed by atoms with Crippen molar-refractivity contribution in [2.45, 2.75) is 6.92 Å². The van der Waals surface area contributed by atoms with Gasteiger partial charge in [-0.3, -0.25) is 0 Å². The predicted octanol–water partition coefficient (Wildman–Crippen LogP) is 11.3. The molecule has 8 aromatic carbocycles. The van der Waals surface area contributed by atoms with Gasteiger partial charge in [-0.2, -0.15) is 0 Å². The fourth-order valence-electron chi connectivity index (χ4n) is 7.18. The lowest BCUT2D eigenvalue weighted by atomic mass is 9.86. The highest BCUT2D eigenvalue weighted by atomic mass is 15.0. The van der Waals surface area contributed by atoms with Crippen molar-refractivity contribution in [3.63, 3.8) is 0 Å². The highest BCUT2D eigenvalue weighted by Gasteiger charge is 2.17. The second kappa shape index (κ2) is 8.80. The molecule has 0 N–H and O–H groups in total. The summed E-state index contributed by atoms with van der Waals surface area (Å²) in [6.07, 6.45) is 0. The Morgan fingerprint density at radius 2 is 0.976 bits per heavy atom. The Bertz CT molecular complexity index is 2420. The van der Waals surface area contributed by atoms with Gasteiger partial charge in [0.2, 0.25) is 0 Å². The maximum Gasteiger partial charge on any atom is 0.0541 e. The molecule has 1 nitrogen and oxygen atoms in total. The molecule has 0 amide bonds. The van der Waals surface area contributed by atoms with Crippen molar-refractivity contribution < 1.29 is 0 Å². The van der Waals surface area contributed by atoms with E-state index in [1.807, 2.05) is 0 Å². The first-order valence-electron chi connectivity index (χ1n) is 14.6. The molecule has 0 bridgehead atoms. The average molecular weight is 534 g/mol. The zero-order valence-corrected chi connectivity index (χ0v) is 23.3. The molecule has 0 fully saturated rings. The first-order valence-corrected chi connectivity index (χ1v) is 14.6. The smallest absolute Gasteiger partial charge is 0.0541 e. The van der Waals surface area contributed by atoms with Gasteiger partial charge in [0.1, 0.15) is 0 Å². The zero-order chi connectivity index (χ0) is 27.8. The van der Waals surface area contributed by atoms with Crippen LogP contribution in [-0.2, 0) is 0 Å². The van der Waals surface area contributed by atoms with Gasteiger partial charge in [-0.15, -0.1) is 0 Å². The highest BCUT2D eigenvalue weighted by Crippen LogP contribution is 2.43. The maximum absolute atomic E-state index is 2.40. The molecule has 0 spiro atoms. The minimum atomic E-state index is 1.18. The molecule has 0 aliphatic heterocycles. The van der Waals surface area contributed by atoms with Gasteiger partial charge in [-0.1, -0.05) is 121 Å². The monoisotopic (exact) mass is 533 g/mol. The van der Waals surface area contributed by atoms with Crippen molar-refractivity contribution in [3.8, 4) is 27.9 Å². The van der Waals surface area contributed by atoms with Gasteiger partial charge in [-0.25, -0.2) is 0 Å². The molecule has 1 heteroatoms. The highest BCUT2D eigenvalue weighted by molar-refractivity contribution is 6.27. The van der Waals surface area contributed by atoms with E-state index in [-0.39, 0.29) is 0 Å². The van der Waals surface area contributed by atoms with E-state index < -0.39 is 0 Å². The Morgan fingerprint density at radius 1 is 0.405 bits per heavy atom. The van der Waals surface area contributed by atoms with Gasteiger partial charge in [0.25, 0.3) is 0 Å². The van der Waals surface area contributed by atoms with Crippen molar-refractivity contribution >= 4 is 54.1 Å². The van der Waals surface area contributed by atoms with Crippen LogP contribution in [0.4, 0.5) is 0 Å². The molecule has 0 unspecified atom stereocenters. The minimum Gasteiger partial charge on any atom is -0.309 e. The van der Waals surface area contributed by atoms with Crippen LogP contribution >= 0.6 is 0 Å². The molecule has 196 valence electrons.